The molecule has 0 amide bonds. The van der Waals surface area contributed by atoms with Crippen LogP contribution in [-0.4, -0.2) is 11.2 Å². The number of aromatic nitrogens is 1. The first-order valence-corrected chi connectivity index (χ1v) is 5.17. The Morgan fingerprint density at radius 2 is 2.38 bits per heavy atom. The van der Waals surface area contributed by atoms with Gasteiger partial charge in [0.1, 0.15) is 17.4 Å². The van der Waals surface area contributed by atoms with Crippen molar-refractivity contribution in [2.45, 2.75) is 20.4 Å². The Labute approximate surface area is 93.4 Å². The quantitative estimate of drug-likeness (QED) is 0.751. The predicted octanol–water partition coefficient (Wildman–Crippen LogP) is 1.42. The molecule has 0 aromatic carbocycles. The van der Waals surface area contributed by atoms with E-state index in [9.17, 15) is 4.79 Å². The summed E-state index contributed by atoms with van der Waals surface area (Å²) in [4.78, 5) is 11.9. The number of hydrogen-bond acceptors (Lipinski definition) is 3. The van der Waals surface area contributed by atoms with E-state index in [2.05, 4.69) is 0 Å². The van der Waals surface area contributed by atoms with Crippen LogP contribution in [-0.2, 0) is 11.3 Å². The fraction of sp³-hybridized carbons (Fsp3) is 0.333. The molecule has 16 heavy (non-hydrogen) atoms. The van der Waals surface area contributed by atoms with Gasteiger partial charge in [-0.25, -0.2) is 0 Å². The molecule has 4 nitrogen and oxygen atoms in total. The maximum atomic E-state index is 11.9. The van der Waals surface area contributed by atoms with Gasteiger partial charge in [0.15, 0.2) is 0 Å². The number of nitriles is 1. The van der Waals surface area contributed by atoms with Gasteiger partial charge >= 0.3 is 0 Å². The molecule has 4 heteroatoms. The largest absolute Gasteiger partial charge is 0.492 e. The van der Waals surface area contributed by atoms with E-state index in [-0.39, 0.29) is 11.1 Å². The number of aryl methyl sites for hydroxylation is 1. The molecular weight excluding hydrogens is 204 g/mol. The molecule has 0 spiro atoms. The minimum absolute atomic E-state index is 0.217. The van der Waals surface area contributed by atoms with Crippen LogP contribution in [0.2, 0.25) is 0 Å². The number of allylic oxidation sites excluding steroid dienone is 1. The van der Waals surface area contributed by atoms with E-state index in [1.165, 1.54) is 0 Å². The summed E-state index contributed by atoms with van der Waals surface area (Å²) in [7, 11) is 0. The van der Waals surface area contributed by atoms with Gasteiger partial charge in [0.25, 0.3) is 5.56 Å². The summed E-state index contributed by atoms with van der Waals surface area (Å²) >= 11 is 0. The zero-order chi connectivity index (χ0) is 11.7. The van der Waals surface area contributed by atoms with E-state index in [1.54, 1.807) is 11.5 Å². The van der Waals surface area contributed by atoms with E-state index in [4.69, 9.17) is 10.00 Å². The Hall–Kier alpha value is -2.02. The number of rotatable bonds is 2. The highest BCUT2D eigenvalue weighted by Crippen LogP contribution is 2.22. The van der Waals surface area contributed by atoms with Crippen molar-refractivity contribution >= 4 is 5.76 Å². The van der Waals surface area contributed by atoms with Crippen LogP contribution in [0.3, 0.4) is 0 Å². The van der Waals surface area contributed by atoms with Crippen LogP contribution >= 0.6 is 0 Å². The lowest BCUT2D eigenvalue weighted by atomic mass is 10.1. The van der Waals surface area contributed by atoms with Gasteiger partial charge in [-0.15, -0.1) is 0 Å². The second kappa shape index (κ2) is 3.86. The van der Waals surface area contributed by atoms with Crippen LogP contribution < -0.4 is 5.56 Å². The first-order chi connectivity index (χ1) is 7.69. The van der Waals surface area contributed by atoms with E-state index < -0.39 is 0 Å². The van der Waals surface area contributed by atoms with E-state index in [0.717, 1.165) is 11.5 Å². The standard InChI is InChI=1S/C12H12N2O2/c1-3-16-11-4-5-14-10(11)6-8(2)9(7-13)12(14)15/h4,6H,3,5H2,1-2H3. The van der Waals surface area contributed by atoms with E-state index >= 15 is 0 Å². The monoisotopic (exact) mass is 216 g/mol. The topological polar surface area (TPSA) is 55.0 Å². The molecule has 0 fully saturated rings. The zero-order valence-corrected chi connectivity index (χ0v) is 9.28. The van der Waals surface area contributed by atoms with Crippen molar-refractivity contribution in [3.8, 4) is 6.07 Å². The lowest BCUT2D eigenvalue weighted by Crippen LogP contribution is -2.23. The maximum Gasteiger partial charge on any atom is 0.269 e. The SMILES string of the molecule is CCOC1=CCn2c1cc(C)c(C#N)c2=O. The Bertz CT molecular complexity index is 562. The molecule has 0 aliphatic carbocycles. The number of hydrogen-bond donors (Lipinski definition) is 0. The van der Waals surface area contributed by atoms with Crippen molar-refractivity contribution in [1.29, 1.82) is 5.26 Å². The zero-order valence-electron chi connectivity index (χ0n) is 9.28. The Balaban J connectivity index is 2.60. The third-order valence-corrected chi connectivity index (χ3v) is 2.62. The molecular formula is C12H12N2O2. The maximum absolute atomic E-state index is 11.9. The molecule has 0 unspecified atom stereocenters. The Morgan fingerprint density at radius 1 is 1.62 bits per heavy atom. The van der Waals surface area contributed by atoms with Gasteiger partial charge in [-0.1, -0.05) is 0 Å². The van der Waals surface area contributed by atoms with Gasteiger partial charge in [0, 0.05) is 6.54 Å². The Morgan fingerprint density at radius 3 is 3.00 bits per heavy atom. The molecule has 0 radical (unpaired) electrons. The highest BCUT2D eigenvalue weighted by molar-refractivity contribution is 5.61. The van der Waals surface area contributed by atoms with Gasteiger partial charge in [0.05, 0.1) is 12.3 Å². The molecule has 2 heterocycles. The summed E-state index contributed by atoms with van der Waals surface area (Å²) in [6, 6.07) is 3.77. The van der Waals surface area contributed by atoms with Crippen LogP contribution in [0.4, 0.5) is 0 Å². The smallest absolute Gasteiger partial charge is 0.269 e. The van der Waals surface area contributed by atoms with Gasteiger partial charge in [-0.05, 0) is 31.6 Å². The molecule has 1 aliphatic heterocycles. The van der Waals surface area contributed by atoms with Crippen molar-refractivity contribution in [3.63, 3.8) is 0 Å². The predicted molar refractivity (Wildman–Crippen MR) is 59.8 cm³/mol. The second-order valence-electron chi connectivity index (χ2n) is 3.62. The van der Waals surface area contributed by atoms with Crippen molar-refractivity contribution < 1.29 is 4.74 Å². The van der Waals surface area contributed by atoms with Gasteiger partial charge in [0.2, 0.25) is 0 Å². The highest BCUT2D eigenvalue weighted by atomic mass is 16.5. The first kappa shape index (κ1) is 10.5. The van der Waals surface area contributed by atoms with Crippen LogP contribution in [0.25, 0.3) is 5.76 Å². The molecule has 1 aliphatic rings. The lowest BCUT2D eigenvalue weighted by molar-refractivity contribution is 0.297. The normalized spacial score (nSPS) is 12.9. The fourth-order valence-corrected chi connectivity index (χ4v) is 1.86. The first-order valence-electron chi connectivity index (χ1n) is 5.17. The summed E-state index contributed by atoms with van der Waals surface area (Å²) in [6.07, 6.45) is 1.86. The summed E-state index contributed by atoms with van der Waals surface area (Å²) < 4.78 is 7.00. The lowest BCUT2D eigenvalue weighted by Gasteiger charge is -2.09. The molecule has 1 aromatic rings. The molecule has 82 valence electrons. The van der Waals surface area contributed by atoms with E-state index in [1.807, 2.05) is 25.1 Å². The Kier molecular flexibility index (Phi) is 2.53. The summed E-state index contributed by atoms with van der Waals surface area (Å²) in [6.45, 7) is 4.72. The minimum Gasteiger partial charge on any atom is -0.492 e. The number of ether oxygens (including phenoxy) is 1. The number of pyridine rings is 1. The van der Waals surface area contributed by atoms with Gasteiger partial charge in [-0.3, -0.25) is 4.79 Å². The average Bonchev–Trinajstić information content (AvgIpc) is 2.63. The van der Waals surface area contributed by atoms with Crippen LogP contribution in [0, 0.1) is 18.3 Å². The third-order valence-electron chi connectivity index (χ3n) is 2.62. The van der Waals surface area contributed by atoms with Gasteiger partial charge < -0.3 is 9.30 Å². The number of nitrogens with zero attached hydrogens (tertiary/aromatic N) is 2. The highest BCUT2D eigenvalue weighted by Gasteiger charge is 2.19. The minimum atomic E-state index is -0.233. The van der Waals surface area contributed by atoms with Crippen LogP contribution in [0.1, 0.15) is 23.7 Å². The van der Waals surface area contributed by atoms with Crippen molar-refractivity contribution in [2.24, 2.45) is 0 Å². The number of fused-ring (bicyclic) bond motifs is 1. The van der Waals surface area contributed by atoms with Crippen molar-refractivity contribution in [1.82, 2.24) is 4.57 Å². The molecule has 0 N–H and O–H groups in total. The molecule has 0 saturated carbocycles. The second-order valence-corrected chi connectivity index (χ2v) is 3.62. The third kappa shape index (κ3) is 1.41. The van der Waals surface area contributed by atoms with Crippen molar-refractivity contribution in [2.75, 3.05) is 6.61 Å². The van der Waals surface area contributed by atoms with Gasteiger partial charge in [-0.2, -0.15) is 5.26 Å². The van der Waals surface area contributed by atoms with Crippen LogP contribution in [0.15, 0.2) is 16.9 Å². The fourth-order valence-electron chi connectivity index (χ4n) is 1.86. The summed E-state index contributed by atoms with van der Waals surface area (Å²) in [5, 5.41) is 8.89. The molecule has 0 atom stereocenters. The average molecular weight is 216 g/mol. The molecule has 0 bridgehead atoms. The van der Waals surface area contributed by atoms with Crippen molar-refractivity contribution in [3.05, 3.63) is 39.3 Å². The summed E-state index contributed by atoms with van der Waals surface area (Å²) in [5.41, 5.74) is 1.45. The molecule has 1 aromatic heterocycles. The van der Waals surface area contributed by atoms with E-state index in [0.29, 0.717) is 18.7 Å². The summed E-state index contributed by atoms with van der Waals surface area (Å²) in [5.74, 6) is 0.729. The molecule has 2 rings (SSSR count). The van der Waals surface area contributed by atoms with Crippen LogP contribution in [0.5, 0.6) is 0 Å². The molecule has 0 saturated heterocycles.